The summed E-state index contributed by atoms with van der Waals surface area (Å²) in [4.78, 5) is 30.1. The summed E-state index contributed by atoms with van der Waals surface area (Å²) in [6.07, 6.45) is 3.38. The molecule has 0 bridgehead atoms. The fraction of sp³-hybridized carbons (Fsp3) is 0.579. The molecule has 0 radical (unpaired) electrons. The van der Waals surface area contributed by atoms with Gasteiger partial charge in [-0.25, -0.2) is 15.0 Å². The van der Waals surface area contributed by atoms with E-state index in [0.29, 0.717) is 24.6 Å². The SMILES string of the molecule is CC1CN(C(=O)C2CCN(c3ncnc4nc(N)ccc34)CC2)CC(C)O1. The molecule has 0 aliphatic carbocycles. The Labute approximate surface area is 158 Å². The van der Waals surface area contributed by atoms with Crippen molar-refractivity contribution >= 4 is 28.6 Å². The smallest absolute Gasteiger partial charge is 0.225 e. The van der Waals surface area contributed by atoms with E-state index in [-0.39, 0.29) is 24.0 Å². The van der Waals surface area contributed by atoms with Crippen LogP contribution in [0.15, 0.2) is 18.5 Å². The van der Waals surface area contributed by atoms with Crippen LogP contribution in [0.3, 0.4) is 0 Å². The van der Waals surface area contributed by atoms with E-state index >= 15 is 0 Å². The van der Waals surface area contributed by atoms with Gasteiger partial charge in [0.05, 0.1) is 17.6 Å². The Hall–Kier alpha value is -2.48. The summed E-state index contributed by atoms with van der Waals surface area (Å²) in [5, 5.41) is 0.896. The summed E-state index contributed by atoms with van der Waals surface area (Å²) in [6.45, 7) is 7.02. The van der Waals surface area contributed by atoms with Gasteiger partial charge < -0.3 is 20.3 Å². The number of nitrogen functional groups attached to an aromatic ring is 1. The first-order valence-electron chi connectivity index (χ1n) is 9.57. The van der Waals surface area contributed by atoms with E-state index in [0.717, 1.165) is 37.1 Å². The number of hydrogen-bond donors (Lipinski definition) is 1. The van der Waals surface area contributed by atoms with Gasteiger partial charge in [-0.1, -0.05) is 0 Å². The van der Waals surface area contributed by atoms with Crippen LogP contribution in [-0.4, -0.2) is 64.1 Å². The number of ether oxygens (including phenoxy) is 1. The third-order valence-corrected chi connectivity index (χ3v) is 5.37. The van der Waals surface area contributed by atoms with Gasteiger partial charge in [-0.3, -0.25) is 4.79 Å². The lowest BCUT2D eigenvalue weighted by Crippen LogP contribution is -2.51. The van der Waals surface area contributed by atoms with E-state index in [2.05, 4.69) is 19.9 Å². The van der Waals surface area contributed by atoms with Gasteiger partial charge in [0, 0.05) is 32.1 Å². The molecule has 2 fully saturated rings. The molecule has 4 rings (SSSR count). The fourth-order valence-electron chi connectivity index (χ4n) is 4.15. The molecule has 2 aliphatic rings. The molecule has 2 aliphatic heterocycles. The number of nitrogens with two attached hydrogens (primary N) is 1. The van der Waals surface area contributed by atoms with Crippen LogP contribution in [0.2, 0.25) is 0 Å². The van der Waals surface area contributed by atoms with Crippen LogP contribution in [0.25, 0.3) is 11.0 Å². The summed E-state index contributed by atoms with van der Waals surface area (Å²) in [5.41, 5.74) is 6.36. The first-order valence-corrected chi connectivity index (χ1v) is 9.57. The van der Waals surface area contributed by atoms with Crippen molar-refractivity contribution in [1.29, 1.82) is 0 Å². The highest BCUT2D eigenvalue weighted by Crippen LogP contribution is 2.28. The lowest BCUT2D eigenvalue weighted by Gasteiger charge is -2.39. The Kier molecular flexibility index (Phi) is 4.82. The van der Waals surface area contributed by atoms with E-state index < -0.39 is 0 Å². The van der Waals surface area contributed by atoms with Crippen LogP contribution in [0, 0.1) is 5.92 Å². The highest BCUT2D eigenvalue weighted by atomic mass is 16.5. The number of rotatable bonds is 2. The van der Waals surface area contributed by atoms with E-state index in [1.807, 2.05) is 24.8 Å². The topological polar surface area (TPSA) is 97.5 Å². The summed E-state index contributed by atoms with van der Waals surface area (Å²) in [7, 11) is 0. The van der Waals surface area contributed by atoms with Crippen molar-refractivity contribution < 1.29 is 9.53 Å². The number of aromatic nitrogens is 3. The molecule has 2 atom stereocenters. The number of carbonyl (C=O) groups excluding carboxylic acids is 1. The zero-order chi connectivity index (χ0) is 19.0. The maximum absolute atomic E-state index is 12.9. The highest BCUT2D eigenvalue weighted by Gasteiger charge is 2.33. The van der Waals surface area contributed by atoms with Crippen molar-refractivity contribution in [3.63, 3.8) is 0 Å². The number of nitrogens with zero attached hydrogens (tertiary/aromatic N) is 5. The number of anilines is 2. The number of pyridine rings is 1. The second-order valence-corrected chi connectivity index (χ2v) is 7.57. The number of piperidine rings is 1. The monoisotopic (exact) mass is 370 g/mol. The van der Waals surface area contributed by atoms with Gasteiger partial charge >= 0.3 is 0 Å². The minimum absolute atomic E-state index is 0.0700. The predicted octanol–water partition coefficient (Wildman–Crippen LogP) is 1.46. The van der Waals surface area contributed by atoms with Crippen LogP contribution in [0.4, 0.5) is 11.6 Å². The van der Waals surface area contributed by atoms with Crippen LogP contribution < -0.4 is 10.6 Å². The van der Waals surface area contributed by atoms with Gasteiger partial charge in [-0.15, -0.1) is 0 Å². The van der Waals surface area contributed by atoms with Gasteiger partial charge in [0.15, 0.2) is 5.65 Å². The molecule has 144 valence electrons. The van der Waals surface area contributed by atoms with Crippen molar-refractivity contribution in [3.05, 3.63) is 18.5 Å². The van der Waals surface area contributed by atoms with Crippen LogP contribution in [-0.2, 0) is 9.53 Å². The molecule has 2 aromatic heterocycles. The highest BCUT2D eigenvalue weighted by molar-refractivity contribution is 5.88. The standard InChI is InChI=1S/C19H26N6O2/c1-12-9-25(10-13(2)27-12)19(26)14-5-7-24(8-6-14)18-15-3-4-16(20)23-17(15)21-11-22-18/h3-4,11-14H,5-10H2,1-2H3,(H2,20,21,22,23). The van der Waals surface area contributed by atoms with E-state index in [4.69, 9.17) is 10.5 Å². The fourth-order valence-corrected chi connectivity index (χ4v) is 4.15. The molecule has 0 spiro atoms. The van der Waals surface area contributed by atoms with Gasteiger partial charge in [-0.2, -0.15) is 0 Å². The second-order valence-electron chi connectivity index (χ2n) is 7.57. The normalized spacial score (nSPS) is 24.4. The predicted molar refractivity (Wildman–Crippen MR) is 103 cm³/mol. The molecular formula is C19H26N6O2. The number of fused-ring (bicyclic) bond motifs is 1. The molecule has 2 unspecified atom stereocenters. The molecule has 1 amide bonds. The zero-order valence-corrected chi connectivity index (χ0v) is 15.8. The van der Waals surface area contributed by atoms with Gasteiger partial charge in [0.25, 0.3) is 0 Å². The second kappa shape index (κ2) is 7.26. The first-order chi connectivity index (χ1) is 13.0. The lowest BCUT2D eigenvalue weighted by molar-refractivity contribution is -0.148. The average Bonchev–Trinajstić information content (AvgIpc) is 2.66. The first kappa shape index (κ1) is 17.9. The van der Waals surface area contributed by atoms with Crippen LogP contribution in [0.1, 0.15) is 26.7 Å². The maximum Gasteiger partial charge on any atom is 0.225 e. The Morgan fingerprint density at radius 1 is 1.15 bits per heavy atom. The molecule has 8 heteroatoms. The van der Waals surface area contributed by atoms with Crippen molar-refractivity contribution in [2.75, 3.05) is 36.8 Å². The van der Waals surface area contributed by atoms with Gasteiger partial charge in [0.2, 0.25) is 5.91 Å². The molecule has 2 saturated heterocycles. The van der Waals surface area contributed by atoms with Crippen LogP contribution >= 0.6 is 0 Å². The molecule has 4 heterocycles. The largest absolute Gasteiger partial charge is 0.384 e. The summed E-state index contributed by atoms with van der Waals surface area (Å²) in [6, 6.07) is 3.69. The number of carbonyl (C=O) groups is 1. The lowest BCUT2D eigenvalue weighted by atomic mass is 9.94. The summed E-state index contributed by atoms with van der Waals surface area (Å²) < 4.78 is 5.75. The molecular weight excluding hydrogens is 344 g/mol. The Morgan fingerprint density at radius 2 is 1.85 bits per heavy atom. The quantitative estimate of drug-likeness (QED) is 0.854. The maximum atomic E-state index is 12.9. The minimum atomic E-state index is 0.0700. The van der Waals surface area contributed by atoms with Crippen molar-refractivity contribution in [3.8, 4) is 0 Å². The molecule has 0 saturated carbocycles. The van der Waals surface area contributed by atoms with Crippen LogP contribution in [0.5, 0.6) is 0 Å². The Balaban J connectivity index is 1.44. The third-order valence-electron chi connectivity index (χ3n) is 5.37. The molecule has 2 N–H and O–H groups in total. The number of morpholine rings is 1. The van der Waals surface area contributed by atoms with E-state index in [9.17, 15) is 4.79 Å². The van der Waals surface area contributed by atoms with Crippen molar-refractivity contribution in [2.45, 2.75) is 38.9 Å². The summed E-state index contributed by atoms with van der Waals surface area (Å²) >= 11 is 0. The summed E-state index contributed by atoms with van der Waals surface area (Å²) in [5.74, 6) is 1.65. The number of amides is 1. The van der Waals surface area contributed by atoms with E-state index in [1.165, 1.54) is 6.33 Å². The molecule has 2 aromatic rings. The third kappa shape index (κ3) is 3.66. The van der Waals surface area contributed by atoms with Crippen molar-refractivity contribution in [1.82, 2.24) is 19.9 Å². The Bertz CT molecular complexity index is 826. The van der Waals surface area contributed by atoms with E-state index in [1.54, 1.807) is 6.07 Å². The molecule has 27 heavy (non-hydrogen) atoms. The molecule has 0 aromatic carbocycles. The van der Waals surface area contributed by atoms with Gasteiger partial charge in [-0.05, 0) is 38.8 Å². The van der Waals surface area contributed by atoms with Gasteiger partial charge in [0.1, 0.15) is 18.0 Å². The minimum Gasteiger partial charge on any atom is -0.384 e. The van der Waals surface area contributed by atoms with Crippen molar-refractivity contribution in [2.24, 2.45) is 5.92 Å². The molecule has 8 nitrogen and oxygen atoms in total. The zero-order valence-electron chi connectivity index (χ0n) is 15.8. The average molecular weight is 370 g/mol. The Morgan fingerprint density at radius 3 is 2.56 bits per heavy atom. The number of hydrogen-bond acceptors (Lipinski definition) is 7.